The van der Waals surface area contributed by atoms with Crippen molar-refractivity contribution in [1.82, 2.24) is 9.62 Å². The molecule has 23 heavy (non-hydrogen) atoms. The molecule has 0 aliphatic carbocycles. The fraction of sp³-hybridized carbons (Fsp3) is 0.538. The van der Waals surface area contributed by atoms with Gasteiger partial charge in [0.1, 0.15) is 9.92 Å². The third kappa shape index (κ3) is 4.13. The molecule has 0 saturated carbocycles. The van der Waals surface area contributed by atoms with Crippen molar-refractivity contribution in [3.8, 4) is 0 Å². The molecule has 0 amide bonds. The number of hydrogen-bond donors (Lipinski definition) is 1. The largest absolute Gasteiger partial charge is 0.316 e. The van der Waals surface area contributed by atoms with Gasteiger partial charge in [0.15, 0.2) is 0 Å². The van der Waals surface area contributed by atoms with Gasteiger partial charge in [-0.1, -0.05) is 11.6 Å². The van der Waals surface area contributed by atoms with Crippen LogP contribution in [0.2, 0.25) is 5.02 Å². The summed E-state index contributed by atoms with van der Waals surface area (Å²) in [5.41, 5.74) is 0.0965. The van der Waals surface area contributed by atoms with E-state index in [0.29, 0.717) is 18.7 Å². The minimum absolute atomic E-state index is 0. The van der Waals surface area contributed by atoms with E-state index in [0.717, 1.165) is 12.8 Å². The normalized spacial score (nSPS) is 19.2. The first kappa shape index (κ1) is 20.1. The first-order valence-corrected chi connectivity index (χ1v) is 8.71. The van der Waals surface area contributed by atoms with Crippen LogP contribution in [0.4, 0.5) is 5.69 Å². The van der Waals surface area contributed by atoms with Crippen molar-refractivity contribution in [2.45, 2.75) is 30.7 Å². The topological polar surface area (TPSA) is 92.6 Å². The summed E-state index contributed by atoms with van der Waals surface area (Å²) in [6.45, 7) is 2.32. The predicted molar refractivity (Wildman–Crippen MR) is 90.9 cm³/mol. The second-order valence-electron chi connectivity index (χ2n) is 5.34. The number of piperidine rings is 1. The zero-order chi connectivity index (χ0) is 16.5. The molecule has 0 bridgehead atoms. The van der Waals surface area contributed by atoms with E-state index in [1.54, 1.807) is 14.0 Å². The Labute approximate surface area is 146 Å². The van der Waals surface area contributed by atoms with Crippen LogP contribution in [0, 0.1) is 17.0 Å². The summed E-state index contributed by atoms with van der Waals surface area (Å²) in [5.74, 6) is 0. The SMILES string of the molecule is CNC1CCCN(S(=O)(=O)c2cc(C)cc([N+](=O)[O-])c2Cl)C1.Cl. The van der Waals surface area contributed by atoms with Crippen molar-refractivity contribution in [2.75, 3.05) is 20.1 Å². The summed E-state index contributed by atoms with van der Waals surface area (Å²) in [7, 11) is -2.07. The molecular formula is C13H19Cl2N3O4S. The number of rotatable bonds is 4. The van der Waals surface area contributed by atoms with Gasteiger partial charge in [0.25, 0.3) is 5.69 Å². The highest BCUT2D eigenvalue weighted by Gasteiger charge is 2.33. The highest BCUT2D eigenvalue weighted by molar-refractivity contribution is 7.89. The number of nitrogens with zero attached hydrogens (tertiary/aromatic N) is 2. The van der Waals surface area contributed by atoms with Gasteiger partial charge in [-0.15, -0.1) is 12.4 Å². The highest BCUT2D eigenvalue weighted by Crippen LogP contribution is 2.34. The Morgan fingerprint density at radius 3 is 2.65 bits per heavy atom. The van der Waals surface area contributed by atoms with E-state index in [1.807, 2.05) is 0 Å². The molecule has 1 unspecified atom stereocenters. The van der Waals surface area contributed by atoms with Gasteiger partial charge in [-0.05, 0) is 38.4 Å². The lowest BCUT2D eigenvalue weighted by Crippen LogP contribution is -2.46. The third-order valence-corrected chi connectivity index (χ3v) is 6.17. The summed E-state index contributed by atoms with van der Waals surface area (Å²) < 4.78 is 26.9. The minimum atomic E-state index is -3.86. The average molecular weight is 384 g/mol. The Balaban J connectivity index is 0.00000264. The van der Waals surface area contributed by atoms with Crippen LogP contribution >= 0.6 is 24.0 Å². The molecule has 2 rings (SSSR count). The second kappa shape index (κ2) is 7.76. The van der Waals surface area contributed by atoms with Crippen molar-refractivity contribution in [2.24, 2.45) is 0 Å². The molecule has 1 N–H and O–H groups in total. The van der Waals surface area contributed by atoms with Crippen LogP contribution in [-0.4, -0.2) is 43.8 Å². The van der Waals surface area contributed by atoms with Gasteiger partial charge in [0, 0.05) is 25.2 Å². The smallest absolute Gasteiger partial charge is 0.289 e. The van der Waals surface area contributed by atoms with Gasteiger partial charge in [0.2, 0.25) is 10.0 Å². The number of hydrogen-bond acceptors (Lipinski definition) is 5. The van der Waals surface area contributed by atoms with Crippen LogP contribution in [0.1, 0.15) is 18.4 Å². The number of aryl methyl sites for hydroxylation is 1. The molecule has 1 aromatic rings. The Kier molecular flexibility index (Phi) is 6.79. The van der Waals surface area contributed by atoms with Crippen LogP contribution in [-0.2, 0) is 10.0 Å². The molecule has 1 aromatic carbocycles. The summed E-state index contributed by atoms with van der Waals surface area (Å²) in [4.78, 5) is 10.2. The van der Waals surface area contributed by atoms with Crippen LogP contribution in [0.25, 0.3) is 0 Å². The highest BCUT2D eigenvalue weighted by atomic mass is 35.5. The van der Waals surface area contributed by atoms with Crippen LogP contribution in [0.5, 0.6) is 0 Å². The van der Waals surface area contributed by atoms with Crippen LogP contribution in [0.15, 0.2) is 17.0 Å². The number of nitro benzene ring substituents is 1. The number of likely N-dealkylation sites (N-methyl/N-ethyl adjacent to an activating group) is 1. The quantitative estimate of drug-likeness (QED) is 0.636. The summed E-state index contributed by atoms with van der Waals surface area (Å²) >= 11 is 5.99. The zero-order valence-corrected chi connectivity index (χ0v) is 15.2. The fourth-order valence-electron chi connectivity index (χ4n) is 2.57. The maximum Gasteiger partial charge on any atom is 0.289 e. The van der Waals surface area contributed by atoms with Crippen molar-refractivity contribution < 1.29 is 13.3 Å². The molecule has 10 heteroatoms. The number of benzene rings is 1. The van der Waals surface area contributed by atoms with Gasteiger partial charge in [0.05, 0.1) is 4.92 Å². The lowest BCUT2D eigenvalue weighted by Gasteiger charge is -2.31. The molecule has 1 aliphatic rings. The number of nitro groups is 1. The Bertz CT molecular complexity index is 697. The molecule has 7 nitrogen and oxygen atoms in total. The van der Waals surface area contributed by atoms with Gasteiger partial charge in [-0.2, -0.15) is 4.31 Å². The van der Waals surface area contributed by atoms with E-state index in [1.165, 1.54) is 16.4 Å². The molecule has 0 aromatic heterocycles. The molecule has 0 radical (unpaired) electrons. The lowest BCUT2D eigenvalue weighted by atomic mass is 10.1. The summed E-state index contributed by atoms with van der Waals surface area (Å²) in [6, 6.07) is 2.73. The zero-order valence-electron chi connectivity index (χ0n) is 12.8. The standard InChI is InChI=1S/C13H18ClN3O4S.ClH/c1-9-6-11(17(18)19)13(14)12(7-9)22(20,21)16-5-3-4-10(8-16)15-2;/h6-7,10,15H,3-5,8H2,1-2H3;1H. The molecule has 1 heterocycles. The van der Waals surface area contributed by atoms with Crippen LogP contribution in [0.3, 0.4) is 0 Å². The molecule has 1 aliphatic heterocycles. The van der Waals surface area contributed by atoms with Gasteiger partial charge < -0.3 is 5.32 Å². The van der Waals surface area contributed by atoms with Crippen molar-refractivity contribution in [3.63, 3.8) is 0 Å². The molecule has 1 atom stereocenters. The maximum absolute atomic E-state index is 12.8. The van der Waals surface area contributed by atoms with E-state index in [9.17, 15) is 18.5 Å². The Morgan fingerprint density at radius 2 is 2.09 bits per heavy atom. The predicted octanol–water partition coefficient (Wildman–Crippen LogP) is 2.35. The Hall–Kier alpha value is -0.930. The van der Waals surface area contributed by atoms with Gasteiger partial charge >= 0.3 is 0 Å². The van der Waals surface area contributed by atoms with Crippen molar-refractivity contribution in [1.29, 1.82) is 0 Å². The van der Waals surface area contributed by atoms with Gasteiger partial charge in [-0.3, -0.25) is 10.1 Å². The van der Waals surface area contributed by atoms with Crippen LogP contribution < -0.4 is 5.32 Å². The molecule has 1 saturated heterocycles. The van der Waals surface area contributed by atoms with Crippen molar-refractivity contribution in [3.05, 3.63) is 32.8 Å². The monoisotopic (exact) mass is 383 g/mol. The van der Waals surface area contributed by atoms with Gasteiger partial charge in [-0.25, -0.2) is 8.42 Å². The number of sulfonamides is 1. The first-order chi connectivity index (χ1) is 10.3. The van der Waals surface area contributed by atoms with E-state index in [-0.39, 0.29) is 34.1 Å². The molecule has 130 valence electrons. The number of halogens is 2. The number of nitrogens with one attached hydrogen (secondary N) is 1. The summed E-state index contributed by atoms with van der Waals surface area (Å²) in [6.07, 6.45) is 1.63. The van der Waals surface area contributed by atoms with Crippen molar-refractivity contribution >= 4 is 39.7 Å². The van der Waals surface area contributed by atoms with E-state index in [2.05, 4.69) is 5.32 Å². The second-order valence-corrected chi connectivity index (χ2v) is 7.63. The summed E-state index contributed by atoms with van der Waals surface area (Å²) in [5, 5.41) is 13.8. The Morgan fingerprint density at radius 1 is 1.43 bits per heavy atom. The molecular weight excluding hydrogens is 365 g/mol. The first-order valence-electron chi connectivity index (χ1n) is 6.89. The molecule has 1 fully saturated rings. The third-order valence-electron chi connectivity index (χ3n) is 3.77. The molecule has 0 spiro atoms. The lowest BCUT2D eigenvalue weighted by molar-refractivity contribution is -0.385. The average Bonchev–Trinajstić information content (AvgIpc) is 2.48. The van der Waals surface area contributed by atoms with E-state index >= 15 is 0 Å². The maximum atomic E-state index is 12.8. The van der Waals surface area contributed by atoms with E-state index in [4.69, 9.17) is 11.6 Å². The minimum Gasteiger partial charge on any atom is -0.316 e. The van der Waals surface area contributed by atoms with E-state index < -0.39 is 14.9 Å². The fourth-order valence-corrected chi connectivity index (χ4v) is 4.73.